The average molecular weight is 293 g/mol. The van der Waals surface area contributed by atoms with Crippen LogP contribution in [0.3, 0.4) is 0 Å². The Kier molecular flexibility index (Phi) is 3.38. The highest BCUT2D eigenvalue weighted by atomic mass is 79.9. The van der Waals surface area contributed by atoms with E-state index in [1.54, 1.807) is 12.1 Å². The lowest BCUT2D eigenvalue weighted by Gasteiger charge is -2.03. The first kappa shape index (κ1) is 12.0. The summed E-state index contributed by atoms with van der Waals surface area (Å²) in [6.07, 6.45) is 0. The largest absolute Gasteiger partial charge is 0.289 e. The van der Waals surface area contributed by atoms with Crippen molar-refractivity contribution in [2.75, 3.05) is 0 Å². The number of ketones is 1. The molecule has 0 unspecified atom stereocenters. The molecule has 17 heavy (non-hydrogen) atoms. The molecule has 2 aromatic carbocycles. The molecule has 0 fully saturated rings. The number of halogens is 2. The van der Waals surface area contributed by atoms with Crippen LogP contribution in [0.2, 0.25) is 0 Å². The summed E-state index contributed by atoms with van der Waals surface area (Å²) in [6, 6.07) is 11.0. The van der Waals surface area contributed by atoms with E-state index in [-0.39, 0.29) is 11.6 Å². The Morgan fingerprint density at radius 1 is 1.06 bits per heavy atom. The van der Waals surface area contributed by atoms with Gasteiger partial charge in [-0.2, -0.15) is 0 Å². The smallest absolute Gasteiger partial charge is 0.193 e. The van der Waals surface area contributed by atoms with Gasteiger partial charge >= 0.3 is 0 Å². The third-order valence-corrected chi connectivity index (χ3v) is 3.39. The summed E-state index contributed by atoms with van der Waals surface area (Å²) >= 11 is 3.39. The van der Waals surface area contributed by atoms with Crippen LogP contribution in [0.1, 0.15) is 21.5 Å². The molecule has 2 aromatic rings. The summed E-state index contributed by atoms with van der Waals surface area (Å²) < 4.78 is 13.6. The maximum absolute atomic E-state index is 12.8. The van der Waals surface area contributed by atoms with Crippen molar-refractivity contribution in [3.05, 3.63) is 69.4 Å². The second kappa shape index (κ2) is 4.80. The Hall–Kier alpha value is -1.48. The number of benzene rings is 2. The SMILES string of the molecule is Cc1ccc(C(=O)c2ccc(F)cc2)cc1Br. The van der Waals surface area contributed by atoms with E-state index in [1.807, 2.05) is 13.0 Å². The molecular weight excluding hydrogens is 283 g/mol. The molecule has 0 aromatic heterocycles. The Morgan fingerprint density at radius 3 is 2.24 bits per heavy atom. The van der Waals surface area contributed by atoms with Crippen molar-refractivity contribution < 1.29 is 9.18 Å². The van der Waals surface area contributed by atoms with Crippen LogP contribution in [0.5, 0.6) is 0 Å². The van der Waals surface area contributed by atoms with Gasteiger partial charge in [-0.25, -0.2) is 4.39 Å². The monoisotopic (exact) mass is 292 g/mol. The molecule has 0 bridgehead atoms. The quantitative estimate of drug-likeness (QED) is 0.761. The first-order chi connectivity index (χ1) is 8.08. The molecule has 0 aliphatic carbocycles. The molecule has 86 valence electrons. The number of aryl methyl sites for hydroxylation is 1. The molecule has 3 heteroatoms. The van der Waals surface area contributed by atoms with E-state index < -0.39 is 0 Å². The minimum atomic E-state index is -0.341. The first-order valence-electron chi connectivity index (χ1n) is 5.14. The number of hydrogen-bond donors (Lipinski definition) is 0. The van der Waals surface area contributed by atoms with Gasteiger partial charge in [0, 0.05) is 15.6 Å². The molecule has 0 heterocycles. The molecule has 0 saturated heterocycles. The van der Waals surface area contributed by atoms with Gasteiger partial charge in [0.25, 0.3) is 0 Å². The van der Waals surface area contributed by atoms with Crippen LogP contribution in [0, 0.1) is 12.7 Å². The molecule has 1 nitrogen and oxygen atoms in total. The van der Waals surface area contributed by atoms with Gasteiger partial charge in [-0.15, -0.1) is 0 Å². The lowest BCUT2D eigenvalue weighted by molar-refractivity contribution is 0.103. The molecule has 0 aliphatic rings. The number of rotatable bonds is 2. The Balaban J connectivity index is 2.37. The average Bonchev–Trinajstić information content (AvgIpc) is 2.33. The molecule has 0 spiro atoms. The van der Waals surface area contributed by atoms with Gasteiger partial charge in [-0.05, 0) is 42.8 Å². The zero-order valence-electron chi connectivity index (χ0n) is 9.21. The summed E-state index contributed by atoms with van der Waals surface area (Å²) in [5.41, 5.74) is 2.15. The zero-order chi connectivity index (χ0) is 12.4. The van der Waals surface area contributed by atoms with Gasteiger partial charge in [0.05, 0.1) is 0 Å². The van der Waals surface area contributed by atoms with Crippen molar-refractivity contribution >= 4 is 21.7 Å². The molecule has 2 rings (SSSR count). The van der Waals surface area contributed by atoms with Crippen LogP contribution in [0.15, 0.2) is 46.9 Å². The van der Waals surface area contributed by atoms with Gasteiger partial charge in [0.1, 0.15) is 5.82 Å². The maximum atomic E-state index is 12.8. The van der Waals surface area contributed by atoms with E-state index in [1.165, 1.54) is 24.3 Å². The van der Waals surface area contributed by atoms with Crippen LogP contribution < -0.4 is 0 Å². The van der Waals surface area contributed by atoms with Crippen LogP contribution in [0.4, 0.5) is 4.39 Å². The van der Waals surface area contributed by atoms with Crippen LogP contribution >= 0.6 is 15.9 Å². The van der Waals surface area contributed by atoms with Crippen molar-refractivity contribution in [2.45, 2.75) is 6.92 Å². The summed E-state index contributed by atoms with van der Waals surface area (Å²) in [5.74, 6) is -0.447. The predicted octanol–water partition coefficient (Wildman–Crippen LogP) is 4.13. The van der Waals surface area contributed by atoms with Crippen molar-refractivity contribution in [1.82, 2.24) is 0 Å². The molecule has 0 aliphatic heterocycles. The fourth-order valence-corrected chi connectivity index (χ4v) is 1.88. The lowest BCUT2D eigenvalue weighted by atomic mass is 10.0. The highest BCUT2D eigenvalue weighted by molar-refractivity contribution is 9.10. The Labute approximate surface area is 107 Å². The van der Waals surface area contributed by atoms with Crippen LogP contribution in [0.25, 0.3) is 0 Å². The summed E-state index contributed by atoms with van der Waals surface area (Å²) in [4.78, 5) is 12.1. The van der Waals surface area contributed by atoms with Gasteiger partial charge < -0.3 is 0 Å². The maximum Gasteiger partial charge on any atom is 0.193 e. The van der Waals surface area contributed by atoms with Gasteiger partial charge in [-0.1, -0.05) is 28.1 Å². The zero-order valence-corrected chi connectivity index (χ0v) is 10.8. The normalized spacial score (nSPS) is 10.3. The van der Waals surface area contributed by atoms with E-state index in [2.05, 4.69) is 15.9 Å². The van der Waals surface area contributed by atoms with Crippen molar-refractivity contribution in [3.8, 4) is 0 Å². The highest BCUT2D eigenvalue weighted by Crippen LogP contribution is 2.19. The Morgan fingerprint density at radius 2 is 1.65 bits per heavy atom. The third-order valence-electron chi connectivity index (χ3n) is 2.54. The van der Waals surface area contributed by atoms with Crippen LogP contribution in [-0.2, 0) is 0 Å². The standard InChI is InChI=1S/C14H10BrFO/c1-9-2-3-11(8-13(9)15)14(17)10-4-6-12(16)7-5-10/h2-8H,1H3. The summed E-state index contributed by atoms with van der Waals surface area (Å²) in [7, 11) is 0. The molecule has 0 saturated carbocycles. The van der Waals surface area contributed by atoms with Gasteiger partial charge in [-0.3, -0.25) is 4.79 Å². The third kappa shape index (κ3) is 2.61. The summed E-state index contributed by atoms with van der Waals surface area (Å²) in [5, 5.41) is 0. The molecular formula is C14H10BrFO. The van der Waals surface area contributed by atoms with Crippen molar-refractivity contribution in [3.63, 3.8) is 0 Å². The fourth-order valence-electron chi connectivity index (χ4n) is 1.50. The molecule has 0 atom stereocenters. The van der Waals surface area contributed by atoms with Gasteiger partial charge in [0.15, 0.2) is 5.78 Å². The Bertz CT molecular complexity index is 561. The highest BCUT2D eigenvalue weighted by Gasteiger charge is 2.09. The minimum absolute atomic E-state index is 0.106. The summed E-state index contributed by atoms with van der Waals surface area (Å²) in [6.45, 7) is 1.95. The van der Waals surface area contributed by atoms with E-state index >= 15 is 0 Å². The van der Waals surface area contributed by atoms with Gasteiger partial charge in [0.2, 0.25) is 0 Å². The first-order valence-corrected chi connectivity index (χ1v) is 5.93. The fraction of sp³-hybridized carbons (Fsp3) is 0.0714. The number of carbonyl (C=O) groups is 1. The van der Waals surface area contributed by atoms with Crippen molar-refractivity contribution in [2.24, 2.45) is 0 Å². The van der Waals surface area contributed by atoms with E-state index in [4.69, 9.17) is 0 Å². The molecule has 0 amide bonds. The van der Waals surface area contributed by atoms with E-state index in [0.717, 1.165) is 10.0 Å². The van der Waals surface area contributed by atoms with E-state index in [9.17, 15) is 9.18 Å². The second-order valence-electron chi connectivity index (χ2n) is 3.80. The van der Waals surface area contributed by atoms with Crippen molar-refractivity contribution in [1.29, 1.82) is 0 Å². The lowest BCUT2D eigenvalue weighted by Crippen LogP contribution is -2.01. The molecule has 0 radical (unpaired) electrons. The van der Waals surface area contributed by atoms with E-state index in [0.29, 0.717) is 11.1 Å². The minimum Gasteiger partial charge on any atom is -0.289 e. The predicted molar refractivity (Wildman–Crippen MR) is 68.7 cm³/mol. The number of carbonyl (C=O) groups excluding carboxylic acids is 1. The topological polar surface area (TPSA) is 17.1 Å². The second-order valence-corrected chi connectivity index (χ2v) is 4.65. The van der Waals surface area contributed by atoms with Crippen LogP contribution in [-0.4, -0.2) is 5.78 Å². The number of hydrogen-bond acceptors (Lipinski definition) is 1. The molecule has 0 N–H and O–H groups in total.